The van der Waals surface area contributed by atoms with E-state index in [2.05, 4.69) is 20.6 Å². The molecule has 2 N–H and O–H groups in total. The van der Waals surface area contributed by atoms with Crippen LogP contribution in [-0.2, 0) is 6.54 Å². The average Bonchev–Trinajstić information content (AvgIpc) is 2.67. The fraction of sp³-hybridized carbons (Fsp3) is 0.143. The van der Waals surface area contributed by atoms with E-state index in [1.807, 2.05) is 30.3 Å². The summed E-state index contributed by atoms with van der Waals surface area (Å²) in [5.74, 6) is 0.737. The van der Waals surface area contributed by atoms with Gasteiger partial charge in [0, 0.05) is 23.9 Å². The van der Waals surface area contributed by atoms with E-state index in [0.717, 1.165) is 5.56 Å². The van der Waals surface area contributed by atoms with Crippen LogP contribution >= 0.6 is 0 Å². The second kappa shape index (κ2) is 8.23. The number of hydrogen-bond donors (Lipinski definition) is 2. The smallest absolute Gasteiger partial charge is 0.274 e. The molecule has 1 heterocycles. The van der Waals surface area contributed by atoms with Gasteiger partial charge in [-0.25, -0.2) is 9.97 Å². The van der Waals surface area contributed by atoms with Crippen LogP contribution in [0.2, 0.25) is 0 Å². The molecule has 0 bridgehead atoms. The van der Waals surface area contributed by atoms with Crippen molar-refractivity contribution in [3.05, 3.63) is 83.3 Å². The molecule has 2 aromatic carbocycles. The Balaban J connectivity index is 1.70. The van der Waals surface area contributed by atoms with Crippen LogP contribution < -0.4 is 10.6 Å². The van der Waals surface area contributed by atoms with Gasteiger partial charge < -0.3 is 10.6 Å². The summed E-state index contributed by atoms with van der Waals surface area (Å²) in [6.45, 7) is 3.85. The first-order chi connectivity index (χ1) is 13.0. The number of rotatable bonds is 6. The van der Waals surface area contributed by atoms with E-state index >= 15 is 0 Å². The summed E-state index contributed by atoms with van der Waals surface area (Å²) in [4.78, 5) is 32.4. The largest absolute Gasteiger partial charge is 0.366 e. The maximum Gasteiger partial charge on any atom is 0.274 e. The quantitative estimate of drug-likeness (QED) is 0.652. The number of benzene rings is 2. The molecule has 0 spiro atoms. The van der Waals surface area contributed by atoms with Crippen molar-refractivity contribution in [2.75, 3.05) is 10.6 Å². The van der Waals surface area contributed by atoms with Crippen LogP contribution in [0.1, 0.15) is 39.2 Å². The highest BCUT2D eigenvalue weighted by Gasteiger charge is 2.11. The molecule has 136 valence electrons. The molecule has 0 saturated heterocycles. The van der Waals surface area contributed by atoms with Crippen LogP contribution in [-0.4, -0.2) is 21.7 Å². The summed E-state index contributed by atoms with van der Waals surface area (Å²) in [5, 5.41) is 6.00. The number of aromatic nitrogens is 2. The van der Waals surface area contributed by atoms with Crippen molar-refractivity contribution >= 4 is 23.2 Å². The Morgan fingerprint density at radius 3 is 2.33 bits per heavy atom. The predicted octanol–water partition coefficient (Wildman–Crippen LogP) is 3.85. The number of Topliss-reactive ketones (excluding diaryl/α,β-unsaturated/α-hetero) is 1. The number of amides is 1. The molecule has 0 aliphatic carbocycles. The number of aryl methyl sites for hydroxylation is 1. The molecule has 0 atom stereocenters. The lowest BCUT2D eigenvalue weighted by atomic mass is 10.1. The van der Waals surface area contributed by atoms with Gasteiger partial charge in [0.15, 0.2) is 5.78 Å². The van der Waals surface area contributed by atoms with E-state index in [1.54, 1.807) is 37.3 Å². The summed E-state index contributed by atoms with van der Waals surface area (Å²) in [5.41, 5.74) is 2.58. The van der Waals surface area contributed by atoms with E-state index in [0.29, 0.717) is 29.4 Å². The van der Waals surface area contributed by atoms with Crippen LogP contribution in [0, 0.1) is 6.92 Å². The highest BCUT2D eigenvalue weighted by Crippen LogP contribution is 2.14. The number of carbonyl (C=O) groups excluding carboxylic acids is 2. The first-order valence-corrected chi connectivity index (χ1v) is 8.57. The number of nitrogens with zero attached hydrogens (tertiary/aromatic N) is 2. The number of carbonyl (C=O) groups is 2. The second-order valence-electron chi connectivity index (χ2n) is 6.11. The van der Waals surface area contributed by atoms with Crippen molar-refractivity contribution in [2.45, 2.75) is 20.4 Å². The van der Waals surface area contributed by atoms with Gasteiger partial charge in [-0.3, -0.25) is 9.59 Å². The molecule has 0 aliphatic heterocycles. The SMILES string of the molecule is CC(=O)c1ccc(NC(=O)c2cc(NCc3ccccc3)nc(C)n2)cc1. The normalized spacial score (nSPS) is 10.3. The Labute approximate surface area is 157 Å². The molecule has 0 fully saturated rings. The first-order valence-electron chi connectivity index (χ1n) is 8.57. The topological polar surface area (TPSA) is 84.0 Å². The third-order valence-corrected chi connectivity index (χ3v) is 3.94. The van der Waals surface area contributed by atoms with Crippen molar-refractivity contribution < 1.29 is 9.59 Å². The van der Waals surface area contributed by atoms with Gasteiger partial charge >= 0.3 is 0 Å². The molecular formula is C21H20N4O2. The molecule has 6 heteroatoms. The van der Waals surface area contributed by atoms with Gasteiger partial charge in [0.05, 0.1) is 0 Å². The van der Waals surface area contributed by atoms with Crippen LogP contribution in [0.25, 0.3) is 0 Å². The predicted molar refractivity (Wildman–Crippen MR) is 105 cm³/mol. The maximum atomic E-state index is 12.5. The minimum absolute atomic E-state index is 0.0200. The van der Waals surface area contributed by atoms with Gasteiger partial charge in [-0.05, 0) is 43.7 Å². The molecule has 0 saturated carbocycles. The number of hydrogen-bond acceptors (Lipinski definition) is 5. The molecule has 3 aromatic rings. The molecule has 6 nitrogen and oxygen atoms in total. The van der Waals surface area contributed by atoms with Crippen molar-refractivity contribution in [1.82, 2.24) is 9.97 Å². The number of ketones is 1. The molecule has 0 unspecified atom stereocenters. The molecule has 0 aliphatic rings. The molecule has 27 heavy (non-hydrogen) atoms. The number of anilines is 2. The zero-order chi connectivity index (χ0) is 19.2. The summed E-state index contributed by atoms with van der Waals surface area (Å²) >= 11 is 0. The van der Waals surface area contributed by atoms with Gasteiger partial charge in [0.25, 0.3) is 5.91 Å². The Morgan fingerprint density at radius 2 is 1.67 bits per heavy atom. The van der Waals surface area contributed by atoms with Crippen molar-refractivity contribution in [2.24, 2.45) is 0 Å². The lowest BCUT2D eigenvalue weighted by Crippen LogP contribution is -2.16. The van der Waals surface area contributed by atoms with Gasteiger partial charge in [0.2, 0.25) is 0 Å². The minimum atomic E-state index is -0.334. The van der Waals surface area contributed by atoms with Crippen LogP contribution in [0.5, 0.6) is 0 Å². The lowest BCUT2D eigenvalue weighted by Gasteiger charge is -2.09. The fourth-order valence-corrected chi connectivity index (χ4v) is 2.55. The van der Waals surface area contributed by atoms with E-state index in [9.17, 15) is 9.59 Å². The Kier molecular flexibility index (Phi) is 5.56. The molecule has 1 aromatic heterocycles. The number of nitrogens with one attached hydrogen (secondary N) is 2. The first kappa shape index (κ1) is 18.3. The molecular weight excluding hydrogens is 340 g/mol. The average molecular weight is 360 g/mol. The monoisotopic (exact) mass is 360 g/mol. The second-order valence-corrected chi connectivity index (χ2v) is 6.11. The maximum absolute atomic E-state index is 12.5. The Bertz CT molecular complexity index is 954. The van der Waals surface area contributed by atoms with Crippen LogP contribution in [0.4, 0.5) is 11.5 Å². The van der Waals surface area contributed by atoms with Gasteiger partial charge in [-0.1, -0.05) is 30.3 Å². The molecule has 1 amide bonds. The lowest BCUT2D eigenvalue weighted by molar-refractivity contribution is 0.101. The summed E-state index contributed by atoms with van der Waals surface area (Å²) in [6.07, 6.45) is 0. The van der Waals surface area contributed by atoms with E-state index in [1.165, 1.54) is 6.92 Å². The molecule has 3 rings (SSSR count). The van der Waals surface area contributed by atoms with E-state index in [-0.39, 0.29) is 17.4 Å². The van der Waals surface area contributed by atoms with Crippen molar-refractivity contribution in [3.8, 4) is 0 Å². The third-order valence-electron chi connectivity index (χ3n) is 3.94. The summed E-state index contributed by atoms with van der Waals surface area (Å²) < 4.78 is 0. The van der Waals surface area contributed by atoms with E-state index < -0.39 is 0 Å². The standard InChI is InChI=1S/C21H20N4O2/c1-14(26)17-8-10-18(11-9-17)25-21(27)19-12-20(24-15(2)23-19)22-13-16-6-4-3-5-7-16/h3-12H,13H2,1-2H3,(H,25,27)(H,22,23,24). The Hall–Kier alpha value is -3.54. The van der Waals surface area contributed by atoms with Crippen LogP contribution in [0.3, 0.4) is 0 Å². The highest BCUT2D eigenvalue weighted by molar-refractivity contribution is 6.03. The minimum Gasteiger partial charge on any atom is -0.366 e. The van der Waals surface area contributed by atoms with Crippen molar-refractivity contribution in [3.63, 3.8) is 0 Å². The summed E-state index contributed by atoms with van der Waals surface area (Å²) in [7, 11) is 0. The summed E-state index contributed by atoms with van der Waals surface area (Å²) in [6, 6.07) is 18.3. The van der Waals surface area contributed by atoms with Gasteiger partial charge in [0.1, 0.15) is 17.3 Å². The van der Waals surface area contributed by atoms with Crippen LogP contribution in [0.15, 0.2) is 60.7 Å². The van der Waals surface area contributed by atoms with Crippen molar-refractivity contribution in [1.29, 1.82) is 0 Å². The Morgan fingerprint density at radius 1 is 0.963 bits per heavy atom. The molecule has 0 radical (unpaired) electrons. The van der Waals surface area contributed by atoms with Gasteiger partial charge in [-0.2, -0.15) is 0 Å². The van der Waals surface area contributed by atoms with Gasteiger partial charge in [-0.15, -0.1) is 0 Å². The highest BCUT2D eigenvalue weighted by atomic mass is 16.2. The third kappa shape index (κ3) is 4.98. The van der Waals surface area contributed by atoms with E-state index in [4.69, 9.17) is 0 Å². The zero-order valence-corrected chi connectivity index (χ0v) is 15.2. The zero-order valence-electron chi connectivity index (χ0n) is 15.2. The fourth-order valence-electron chi connectivity index (χ4n) is 2.55.